The molecule has 0 saturated heterocycles. The summed E-state index contributed by atoms with van der Waals surface area (Å²) in [6.07, 6.45) is 0. The molecule has 3 rings (SSSR count). The molecule has 10 heteroatoms. The summed E-state index contributed by atoms with van der Waals surface area (Å²) in [5.41, 5.74) is 0.697. The van der Waals surface area contributed by atoms with E-state index in [1.807, 2.05) is 0 Å². The predicted octanol–water partition coefficient (Wildman–Crippen LogP) is 2.60. The third-order valence-corrected chi connectivity index (χ3v) is 4.01. The van der Waals surface area contributed by atoms with Crippen molar-refractivity contribution in [2.75, 3.05) is 11.9 Å². The van der Waals surface area contributed by atoms with Crippen LogP contribution in [0.15, 0.2) is 29.6 Å². The van der Waals surface area contributed by atoms with Crippen molar-refractivity contribution in [3.8, 4) is 5.69 Å². The van der Waals surface area contributed by atoms with Crippen molar-refractivity contribution >= 4 is 28.3 Å². The van der Waals surface area contributed by atoms with Crippen LogP contribution in [-0.4, -0.2) is 38.2 Å². The van der Waals surface area contributed by atoms with Crippen LogP contribution < -0.4 is 5.32 Å². The third kappa shape index (κ3) is 3.75. The Morgan fingerprint density at radius 1 is 1.27 bits per heavy atom. The second-order valence-electron chi connectivity index (χ2n) is 5.08. The third-order valence-electron chi connectivity index (χ3n) is 3.25. The number of hydrogen-bond donors (Lipinski definition) is 1. The quantitative estimate of drug-likeness (QED) is 0.688. The number of aryl methyl sites for hydroxylation is 1. The first-order chi connectivity index (χ1) is 12.5. The van der Waals surface area contributed by atoms with E-state index in [1.54, 1.807) is 13.8 Å². The molecule has 134 valence electrons. The van der Waals surface area contributed by atoms with E-state index >= 15 is 0 Å². The summed E-state index contributed by atoms with van der Waals surface area (Å²) in [5, 5.41) is 8.39. The number of nitrogens with zero attached hydrogens (tertiary/aromatic N) is 4. The standard InChI is InChI=1S/C16H14FN5O3S/c1-3-25-15(24)12-8-26-16(19-12)20-14(23)13-18-9(2)22(21-13)11-6-4-10(17)5-7-11/h4-8H,3H2,1-2H3,(H,19,20,23). The number of carbonyl (C=O) groups excluding carboxylic acids is 2. The average Bonchev–Trinajstić information content (AvgIpc) is 3.23. The van der Waals surface area contributed by atoms with E-state index in [4.69, 9.17) is 4.74 Å². The van der Waals surface area contributed by atoms with Crippen LogP contribution in [0.1, 0.15) is 33.9 Å². The first-order valence-electron chi connectivity index (χ1n) is 7.61. The van der Waals surface area contributed by atoms with Crippen molar-refractivity contribution in [2.45, 2.75) is 13.8 Å². The number of thiazole rings is 1. The Morgan fingerprint density at radius 3 is 2.69 bits per heavy atom. The molecule has 0 unspecified atom stereocenters. The molecule has 0 spiro atoms. The van der Waals surface area contributed by atoms with Crippen molar-refractivity contribution in [1.82, 2.24) is 19.7 Å². The van der Waals surface area contributed by atoms with E-state index in [0.717, 1.165) is 11.3 Å². The van der Waals surface area contributed by atoms with E-state index < -0.39 is 11.9 Å². The minimum absolute atomic E-state index is 0.0697. The Labute approximate surface area is 151 Å². The highest BCUT2D eigenvalue weighted by atomic mass is 32.1. The summed E-state index contributed by atoms with van der Waals surface area (Å²) in [5.74, 6) is -1.10. The van der Waals surface area contributed by atoms with E-state index in [9.17, 15) is 14.0 Å². The van der Waals surface area contributed by atoms with Gasteiger partial charge in [0.1, 0.15) is 11.6 Å². The number of ether oxygens (including phenoxy) is 1. The van der Waals surface area contributed by atoms with Crippen LogP contribution >= 0.6 is 11.3 Å². The lowest BCUT2D eigenvalue weighted by Crippen LogP contribution is -2.14. The first kappa shape index (κ1) is 17.7. The smallest absolute Gasteiger partial charge is 0.357 e. The summed E-state index contributed by atoms with van der Waals surface area (Å²) in [6, 6.07) is 5.65. The van der Waals surface area contributed by atoms with Crippen LogP contribution in [0, 0.1) is 12.7 Å². The Morgan fingerprint density at radius 2 is 2.00 bits per heavy atom. The fourth-order valence-electron chi connectivity index (χ4n) is 2.10. The van der Waals surface area contributed by atoms with Crippen molar-refractivity contribution in [2.24, 2.45) is 0 Å². The molecule has 3 aromatic rings. The molecule has 0 bridgehead atoms. The number of hydrogen-bond acceptors (Lipinski definition) is 7. The summed E-state index contributed by atoms with van der Waals surface area (Å²) in [6.45, 7) is 3.61. The molecule has 1 N–H and O–H groups in total. The van der Waals surface area contributed by atoms with Crippen LogP contribution in [0.3, 0.4) is 0 Å². The summed E-state index contributed by atoms with van der Waals surface area (Å²) in [7, 11) is 0. The largest absolute Gasteiger partial charge is 0.461 e. The van der Waals surface area contributed by atoms with Gasteiger partial charge in [-0.3, -0.25) is 10.1 Å². The van der Waals surface area contributed by atoms with E-state index in [2.05, 4.69) is 20.4 Å². The molecule has 2 heterocycles. The van der Waals surface area contributed by atoms with Gasteiger partial charge in [0.05, 0.1) is 12.3 Å². The number of esters is 1. The van der Waals surface area contributed by atoms with Gasteiger partial charge in [-0.1, -0.05) is 0 Å². The Balaban J connectivity index is 1.76. The van der Waals surface area contributed by atoms with Gasteiger partial charge in [0.15, 0.2) is 10.8 Å². The van der Waals surface area contributed by atoms with E-state index in [-0.39, 0.29) is 29.1 Å². The van der Waals surface area contributed by atoms with Gasteiger partial charge in [0.25, 0.3) is 5.91 Å². The molecule has 0 fully saturated rings. The minimum atomic E-state index is -0.571. The molecule has 0 aliphatic heterocycles. The SMILES string of the molecule is CCOC(=O)c1csc(NC(=O)c2nc(C)n(-c3ccc(F)cc3)n2)n1. The van der Waals surface area contributed by atoms with E-state index in [1.165, 1.54) is 34.3 Å². The number of aromatic nitrogens is 4. The number of rotatable bonds is 5. The normalized spacial score (nSPS) is 10.6. The van der Waals surface area contributed by atoms with Gasteiger partial charge in [-0.25, -0.2) is 23.8 Å². The Hall–Kier alpha value is -3.14. The molecule has 1 aromatic carbocycles. The fraction of sp³-hybridized carbons (Fsp3) is 0.188. The zero-order valence-corrected chi connectivity index (χ0v) is 14.7. The second kappa shape index (κ2) is 7.40. The van der Waals surface area contributed by atoms with Crippen LogP contribution in [0.2, 0.25) is 0 Å². The Kier molecular flexibility index (Phi) is 5.03. The van der Waals surface area contributed by atoms with Crippen LogP contribution in [0.25, 0.3) is 5.69 Å². The molecule has 2 aromatic heterocycles. The van der Waals surface area contributed by atoms with Gasteiger partial charge in [-0.15, -0.1) is 16.4 Å². The van der Waals surface area contributed by atoms with Gasteiger partial charge < -0.3 is 4.74 Å². The lowest BCUT2D eigenvalue weighted by molar-refractivity contribution is 0.0520. The summed E-state index contributed by atoms with van der Waals surface area (Å²) in [4.78, 5) is 32.0. The van der Waals surface area contributed by atoms with Gasteiger partial charge >= 0.3 is 5.97 Å². The number of carbonyl (C=O) groups is 2. The predicted molar refractivity (Wildman–Crippen MR) is 92.1 cm³/mol. The zero-order valence-electron chi connectivity index (χ0n) is 13.9. The summed E-state index contributed by atoms with van der Waals surface area (Å²) < 4.78 is 19.3. The lowest BCUT2D eigenvalue weighted by atomic mass is 10.3. The number of halogens is 1. The maximum Gasteiger partial charge on any atom is 0.357 e. The maximum absolute atomic E-state index is 13.0. The average molecular weight is 375 g/mol. The molecule has 26 heavy (non-hydrogen) atoms. The topological polar surface area (TPSA) is 99.0 Å². The monoisotopic (exact) mass is 375 g/mol. The number of amides is 1. The Bertz CT molecular complexity index is 951. The number of benzene rings is 1. The molecule has 8 nitrogen and oxygen atoms in total. The second-order valence-corrected chi connectivity index (χ2v) is 5.94. The van der Waals surface area contributed by atoms with Gasteiger partial charge in [0.2, 0.25) is 5.82 Å². The molecule has 1 amide bonds. The van der Waals surface area contributed by atoms with Crippen molar-refractivity contribution in [1.29, 1.82) is 0 Å². The van der Waals surface area contributed by atoms with Crippen LogP contribution in [0.5, 0.6) is 0 Å². The highest BCUT2D eigenvalue weighted by molar-refractivity contribution is 7.14. The first-order valence-corrected chi connectivity index (χ1v) is 8.49. The highest BCUT2D eigenvalue weighted by Gasteiger charge is 2.18. The van der Waals surface area contributed by atoms with Crippen molar-refractivity contribution in [3.63, 3.8) is 0 Å². The van der Waals surface area contributed by atoms with Gasteiger partial charge in [-0.2, -0.15) is 0 Å². The molecule has 0 saturated carbocycles. The highest BCUT2D eigenvalue weighted by Crippen LogP contribution is 2.17. The number of anilines is 1. The van der Waals surface area contributed by atoms with Gasteiger partial charge in [-0.05, 0) is 38.1 Å². The molecule has 0 atom stereocenters. The number of nitrogens with one attached hydrogen (secondary N) is 1. The summed E-state index contributed by atoms with van der Waals surface area (Å²) >= 11 is 1.09. The fourth-order valence-corrected chi connectivity index (χ4v) is 2.77. The minimum Gasteiger partial charge on any atom is -0.461 e. The van der Waals surface area contributed by atoms with Crippen LogP contribution in [0.4, 0.5) is 9.52 Å². The molecular weight excluding hydrogens is 361 g/mol. The van der Waals surface area contributed by atoms with Crippen molar-refractivity contribution in [3.05, 3.63) is 52.8 Å². The van der Waals surface area contributed by atoms with Crippen LogP contribution in [-0.2, 0) is 4.74 Å². The van der Waals surface area contributed by atoms with Gasteiger partial charge in [0, 0.05) is 5.38 Å². The molecule has 0 radical (unpaired) electrons. The molecule has 0 aliphatic rings. The maximum atomic E-state index is 13.0. The van der Waals surface area contributed by atoms with E-state index in [0.29, 0.717) is 11.5 Å². The zero-order chi connectivity index (χ0) is 18.7. The lowest BCUT2D eigenvalue weighted by Gasteiger charge is -2.01. The molecule has 0 aliphatic carbocycles. The van der Waals surface area contributed by atoms with Crippen molar-refractivity contribution < 1.29 is 18.7 Å². The molecular formula is C16H14FN5O3S.